The molecule has 1 aliphatic carbocycles. The van der Waals surface area contributed by atoms with E-state index in [1.165, 1.54) is 11.3 Å². The Bertz CT molecular complexity index is 1170. The van der Waals surface area contributed by atoms with Crippen LogP contribution in [0.5, 0.6) is 5.75 Å². The molecule has 2 aromatic heterocycles. The molecule has 9 nitrogen and oxygen atoms in total. The van der Waals surface area contributed by atoms with E-state index in [0.717, 1.165) is 41.2 Å². The Morgan fingerprint density at radius 1 is 1.14 bits per heavy atom. The highest BCUT2D eigenvalue weighted by atomic mass is 32.1. The summed E-state index contributed by atoms with van der Waals surface area (Å²) >= 11 is 1.44. The van der Waals surface area contributed by atoms with E-state index >= 15 is 0 Å². The fourth-order valence-electron chi connectivity index (χ4n) is 2.99. The minimum absolute atomic E-state index is 0.0293. The molecule has 0 atom stereocenters. The Kier molecular flexibility index (Phi) is 9.06. The van der Waals surface area contributed by atoms with Crippen LogP contribution in [-0.4, -0.2) is 51.3 Å². The van der Waals surface area contributed by atoms with E-state index in [-0.39, 0.29) is 11.7 Å². The largest absolute Gasteiger partial charge is 0.508 e. The van der Waals surface area contributed by atoms with Crippen LogP contribution in [0.15, 0.2) is 48.0 Å². The molecule has 1 saturated carbocycles. The van der Waals surface area contributed by atoms with E-state index in [2.05, 4.69) is 25.9 Å². The number of carbonyl (C=O) groups is 2. The first-order chi connectivity index (χ1) is 17.1. The molecule has 0 spiro atoms. The standard InChI is InChI=1S/C21H23N5O2S.C2HF3O2/c27-16-5-1-4-15(12-16)25-21-24-13-17(14-7-8-14)19(26-21)22-9-3-10-23-20(28)18-6-2-11-29-18;3-2(4,5)1(6)7/h1-2,4-6,11-14,27H,3,7-10H2,(H,23,28)(H2,22,24,25,26);(H,6,7). The molecule has 1 aromatic carbocycles. The van der Waals surface area contributed by atoms with Crippen molar-refractivity contribution in [3.05, 3.63) is 58.4 Å². The molecule has 2 heterocycles. The van der Waals surface area contributed by atoms with Crippen molar-refractivity contribution < 1.29 is 33.0 Å². The lowest BCUT2D eigenvalue weighted by Gasteiger charge is -2.13. The highest BCUT2D eigenvalue weighted by molar-refractivity contribution is 7.12. The quantitative estimate of drug-likeness (QED) is 0.254. The van der Waals surface area contributed by atoms with Gasteiger partial charge in [-0.3, -0.25) is 4.79 Å². The lowest BCUT2D eigenvalue weighted by atomic mass is 10.2. The van der Waals surface area contributed by atoms with Gasteiger partial charge >= 0.3 is 12.1 Å². The number of anilines is 3. The zero-order valence-electron chi connectivity index (χ0n) is 18.9. The van der Waals surface area contributed by atoms with Crippen LogP contribution in [0.25, 0.3) is 0 Å². The number of hydrogen-bond donors (Lipinski definition) is 5. The van der Waals surface area contributed by atoms with Crippen LogP contribution in [0, 0.1) is 0 Å². The minimum atomic E-state index is -5.08. The van der Waals surface area contributed by atoms with Gasteiger partial charge in [-0.25, -0.2) is 9.78 Å². The molecule has 0 unspecified atom stereocenters. The van der Waals surface area contributed by atoms with E-state index in [1.54, 1.807) is 18.2 Å². The summed E-state index contributed by atoms with van der Waals surface area (Å²) in [6.07, 6.45) is -0.0975. The number of carbonyl (C=O) groups excluding carboxylic acids is 1. The molecule has 3 aromatic rings. The van der Waals surface area contributed by atoms with E-state index < -0.39 is 12.1 Å². The maximum Gasteiger partial charge on any atom is 0.490 e. The Morgan fingerprint density at radius 3 is 2.50 bits per heavy atom. The van der Waals surface area contributed by atoms with Gasteiger partial charge in [-0.2, -0.15) is 18.2 Å². The fraction of sp³-hybridized carbons (Fsp3) is 0.304. The maximum absolute atomic E-state index is 12.0. The Labute approximate surface area is 208 Å². The summed E-state index contributed by atoms with van der Waals surface area (Å²) < 4.78 is 31.7. The minimum Gasteiger partial charge on any atom is -0.508 e. The number of carboxylic acids is 1. The number of nitrogens with zero attached hydrogens (tertiary/aromatic N) is 2. The number of carboxylic acid groups (broad SMARTS) is 1. The normalized spacial score (nSPS) is 12.8. The lowest BCUT2D eigenvalue weighted by molar-refractivity contribution is -0.192. The summed E-state index contributed by atoms with van der Waals surface area (Å²) in [5, 5.41) is 28.1. The second-order valence-corrected chi connectivity index (χ2v) is 8.71. The number of alkyl halides is 3. The fourth-order valence-corrected chi connectivity index (χ4v) is 3.63. The van der Waals surface area contributed by atoms with E-state index in [4.69, 9.17) is 9.90 Å². The summed E-state index contributed by atoms with van der Waals surface area (Å²) in [4.78, 5) is 30.6. The SMILES string of the molecule is O=C(NCCCNc1nc(Nc2cccc(O)c2)ncc1C1CC1)c1cccs1.O=C(O)C(F)(F)F. The van der Waals surface area contributed by atoms with E-state index in [0.29, 0.717) is 25.0 Å². The van der Waals surface area contributed by atoms with Gasteiger partial charge < -0.3 is 26.2 Å². The highest BCUT2D eigenvalue weighted by Gasteiger charge is 2.38. The van der Waals surface area contributed by atoms with Gasteiger partial charge in [0.1, 0.15) is 11.6 Å². The number of benzene rings is 1. The first-order valence-corrected chi connectivity index (χ1v) is 11.8. The first-order valence-electron chi connectivity index (χ1n) is 10.9. The van der Waals surface area contributed by atoms with Gasteiger partial charge in [-0.15, -0.1) is 11.3 Å². The molecule has 192 valence electrons. The monoisotopic (exact) mass is 523 g/mol. The molecular formula is C23H24F3N5O4S. The van der Waals surface area contributed by atoms with Crippen molar-refractivity contribution in [2.75, 3.05) is 23.7 Å². The predicted molar refractivity (Wildman–Crippen MR) is 129 cm³/mol. The number of rotatable bonds is 9. The summed E-state index contributed by atoms with van der Waals surface area (Å²) in [5.74, 6) is -0.771. The molecule has 0 aliphatic heterocycles. The van der Waals surface area contributed by atoms with Crippen molar-refractivity contribution in [3.63, 3.8) is 0 Å². The molecule has 1 fully saturated rings. The summed E-state index contributed by atoms with van der Waals surface area (Å²) in [7, 11) is 0. The third-order valence-electron chi connectivity index (χ3n) is 4.86. The van der Waals surface area contributed by atoms with Gasteiger partial charge in [-0.1, -0.05) is 12.1 Å². The number of phenolic OH excluding ortho intramolecular Hbond substituents is 1. The number of amides is 1. The molecule has 0 bridgehead atoms. The molecule has 5 N–H and O–H groups in total. The topological polar surface area (TPSA) is 136 Å². The van der Waals surface area contributed by atoms with Gasteiger partial charge in [-0.05, 0) is 48.8 Å². The number of thiophene rings is 1. The van der Waals surface area contributed by atoms with Crippen LogP contribution in [0.2, 0.25) is 0 Å². The number of hydrogen-bond acceptors (Lipinski definition) is 8. The number of aromatic hydroxyl groups is 1. The molecule has 1 amide bonds. The second kappa shape index (κ2) is 12.2. The van der Waals surface area contributed by atoms with Gasteiger partial charge in [0.2, 0.25) is 5.95 Å². The number of aliphatic carboxylic acids is 1. The number of aromatic nitrogens is 2. The average molecular weight is 524 g/mol. The number of nitrogens with one attached hydrogen (secondary N) is 3. The maximum atomic E-state index is 12.0. The third-order valence-corrected chi connectivity index (χ3v) is 5.72. The van der Waals surface area contributed by atoms with Gasteiger partial charge in [0.25, 0.3) is 5.91 Å². The number of halogens is 3. The summed E-state index contributed by atoms with van der Waals surface area (Å²) in [6, 6.07) is 10.6. The summed E-state index contributed by atoms with van der Waals surface area (Å²) in [5.41, 5.74) is 1.86. The van der Waals surface area contributed by atoms with Crippen molar-refractivity contribution in [3.8, 4) is 5.75 Å². The molecule has 36 heavy (non-hydrogen) atoms. The predicted octanol–water partition coefficient (Wildman–Crippen LogP) is 4.73. The Hall–Kier alpha value is -3.87. The van der Waals surface area contributed by atoms with Crippen molar-refractivity contribution in [1.29, 1.82) is 0 Å². The molecule has 0 saturated heterocycles. The number of phenols is 1. The molecule has 1 aliphatic rings. The second-order valence-electron chi connectivity index (χ2n) is 7.76. The van der Waals surface area contributed by atoms with Crippen LogP contribution in [-0.2, 0) is 4.79 Å². The average Bonchev–Trinajstić information content (AvgIpc) is 3.51. The van der Waals surface area contributed by atoms with Crippen LogP contribution in [0.3, 0.4) is 0 Å². The van der Waals surface area contributed by atoms with Crippen LogP contribution in [0.1, 0.15) is 40.4 Å². The van der Waals surface area contributed by atoms with Gasteiger partial charge in [0.05, 0.1) is 4.88 Å². The highest BCUT2D eigenvalue weighted by Crippen LogP contribution is 2.42. The zero-order chi connectivity index (χ0) is 26.1. The summed E-state index contributed by atoms with van der Waals surface area (Å²) in [6.45, 7) is 1.30. The lowest BCUT2D eigenvalue weighted by Crippen LogP contribution is -2.25. The van der Waals surface area contributed by atoms with Crippen LogP contribution in [0.4, 0.5) is 30.6 Å². The van der Waals surface area contributed by atoms with E-state index in [1.807, 2.05) is 29.8 Å². The van der Waals surface area contributed by atoms with Crippen molar-refractivity contribution >= 4 is 40.7 Å². The van der Waals surface area contributed by atoms with Crippen molar-refractivity contribution in [1.82, 2.24) is 15.3 Å². The molecular weight excluding hydrogens is 499 g/mol. The third kappa shape index (κ3) is 8.41. The Morgan fingerprint density at radius 2 is 1.89 bits per heavy atom. The molecule has 4 rings (SSSR count). The van der Waals surface area contributed by atoms with E-state index in [9.17, 15) is 23.1 Å². The van der Waals surface area contributed by atoms with Crippen LogP contribution < -0.4 is 16.0 Å². The van der Waals surface area contributed by atoms with Crippen molar-refractivity contribution in [2.24, 2.45) is 0 Å². The first kappa shape index (κ1) is 26.7. The Balaban J connectivity index is 0.000000454. The van der Waals surface area contributed by atoms with Gasteiger partial charge in [0.15, 0.2) is 0 Å². The molecule has 0 radical (unpaired) electrons. The smallest absolute Gasteiger partial charge is 0.490 e. The zero-order valence-corrected chi connectivity index (χ0v) is 19.7. The molecule has 13 heteroatoms. The van der Waals surface area contributed by atoms with Gasteiger partial charge in [0, 0.05) is 36.6 Å². The van der Waals surface area contributed by atoms with Crippen LogP contribution >= 0.6 is 11.3 Å². The van der Waals surface area contributed by atoms with Crippen molar-refractivity contribution in [2.45, 2.75) is 31.4 Å².